The molecule has 1 aliphatic rings. The van der Waals surface area contributed by atoms with E-state index in [4.69, 9.17) is 5.11 Å². The standard InChI is InChI=1S/C7H15NO/c1-8(2)7(6-9)4-3-5-7/h9H,3-6H2,1-2H3. The van der Waals surface area contributed by atoms with Gasteiger partial charge in [-0.1, -0.05) is 0 Å². The maximum Gasteiger partial charge on any atom is 0.0615 e. The van der Waals surface area contributed by atoms with Crippen LogP contribution in [0.3, 0.4) is 0 Å². The lowest BCUT2D eigenvalue weighted by Gasteiger charge is -2.45. The Hall–Kier alpha value is -0.0800. The maximum absolute atomic E-state index is 8.97. The summed E-state index contributed by atoms with van der Waals surface area (Å²) >= 11 is 0. The third kappa shape index (κ3) is 0.970. The largest absolute Gasteiger partial charge is 0.394 e. The predicted octanol–water partition coefficient (Wildman–Crippen LogP) is 0.463. The van der Waals surface area contributed by atoms with Gasteiger partial charge in [-0.25, -0.2) is 0 Å². The molecule has 1 rings (SSSR count). The Morgan fingerprint density at radius 3 is 2.00 bits per heavy atom. The minimum absolute atomic E-state index is 0.153. The lowest BCUT2D eigenvalue weighted by atomic mass is 9.76. The summed E-state index contributed by atoms with van der Waals surface area (Å²) in [6, 6.07) is 0. The van der Waals surface area contributed by atoms with Crippen LogP contribution in [0.25, 0.3) is 0 Å². The Kier molecular flexibility index (Phi) is 1.78. The quantitative estimate of drug-likeness (QED) is 0.585. The normalized spacial score (nSPS) is 24.0. The lowest BCUT2D eigenvalue weighted by Crippen LogP contribution is -2.52. The minimum atomic E-state index is 0.153. The Morgan fingerprint density at radius 1 is 1.44 bits per heavy atom. The molecule has 1 N–H and O–H groups in total. The monoisotopic (exact) mass is 129 g/mol. The molecule has 2 heteroatoms. The van der Waals surface area contributed by atoms with Crippen molar-refractivity contribution in [3.63, 3.8) is 0 Å². The number of aliphatic hydroxyl groups is 1. The third-order valence-electron chi connectivity index (χ3n) is 2.53. The van der Waals surface area contributed by atoms with E-state index in [1.54, 1.807) is 0 Å². The number of rotatable bonds is 2. The number of aliphatic hydroxyl groups excluding tert-OH is 1. The van der Waals surface area contributed by atoms with Gasteiger partial charge in [0.25, 0.3) is 0 Å². The molecule has 0 aromatic carbocycles. The zero-order valence-electron chi connectivity index (χ0n) is 6.22. The predicted molar refractivity (Wildman–Crippen MR) is 37.4 cm³/mol. The van der Waals surface area contributed by atoms with E-state index in [0.717, 1.165) is 12.8 Å². The Morgan fingerprint density at radius 2 is 2.00 bits per heavy atom. The van der Waals surface area contributed by atoms with Crippen molar-refractivity contribution in [3.05, 3.63) is 0 Å². The highest BCUT2D eigenvalue weighted by Crippen LogP contribution is 2.35. The number of nitrogens with zero attached hydrogens (tertiary/aromatic N) is 1. The van der Waals surface area contributed by atoms with Crippen LogP contribution >= 0.6 is 0 Å². The van der Waals surface area contributed by atoms with Gasteiger partial charge >= 0.3 is 0 Å². The summed E-state index contributed by atoms with van der Waals surface area (Å²) in [6.07, 6.45) is 3.60. The molecule has 0 atom stereocenters. The molecule has 0 spiro atoms. The van der Waals surface area contributed by atoms with Crippen LogP contribution in [0, 0.1) is 0 Å². The van der Waals surface area contributed by atoms with Crippen LogP contribution < -0.4 is 0 Å². The van der Waals surface area contributed by atoms with Crippen molar-refractivity contribution in [1.29, 1.82) is 0 Å². The number of likely N-dealkylation sites (N-methyl/N-ethyl adjacent to an activating group) is 1. The summed E-state index contributed by atoms with van der Waals surface area (Å²) in [5, 5.41) is 8.97. The third-order valence-corrected chi connectivity index (χ3v) is 2.53. The summed E-state index contributed by atoms with van der Waals surface area (Å²) in [5.74, 6) is 0. The molecule has 0 aromatic heterocycles. The van der Waals surface area contributed by atoms with Crippen molar-refractivity contribution in [2.75, 3.05) is 20.7 Å². The van der Waals surface area contributed by atoms with Crippen LogP contribution in [-0.4, -0.2) is 36.2 Å². The smallest absolute Gasteiger partial charge is 0.0615 e. The first-order chi connectivity index (χ1) is 4.21. The first-order valence-electron chi connectivity index (χ1n) is 3.49. The molecule has 2 nitrogen and oxygen atoms in total. The van der Waals surface area contributed by atoms with E-state index in [9.17, 15) is 0 Å². The first-order valence-corrected chi connectivity index (χ1v) is 3.49. The highest BCUT2D eigenvalue weighted by atomic mass is 16.3. The van der Waals surface area contributed by atoms with Gasteiger partial charge in [0.15, 0.2) is 0 Å². The molecule has 0 radical (unpaired) electrons. The lowest BCUT2D eigenvalue weighted by molar-refractivity contribution is 0.00338. The Labute approximate surface area is 56.5 Å². The van der Waals surface area contributed by atoms with E-state index in [2.05, 4.69) is 4.90 Å². The molecule has 54 valence electrons. The summed E-state index contributed by atoms with van der Waals surface area (Å²) in [5.41, 5.74) is 0.153. The van der Waals surface area contributed by atoms with Crippen LogP contribution in [0.1, 0.15) is 19.3 Å². The molecule has 0 bridgehead atoms. The van der Waals surface area contributed by atoms with Gasteiger partial charge in [-0.05, 0) is 33.4 Å². The summed E-state index contributed by atoms with van der Waals surface area (Å²) in [6.45, 7) is 0.319. The number of hydrogen-bond acceptors (Lipinski definition) is 2. The van der Waals surface area contributed by atoms with E-state index in [0.29, 0.717) is 6.61 Å². The average molecular weight is 129 g/mol. The van der Waals surface area contributed by atoms with E-state index in [1.807, 2.05) is 14.1 Å². The van der Waals surface area contributed by atoms with Gasteiger partial charge in [-0.3, -0.25) is 0 Å². The van der Waals surface area contributed by atoms with Gasteiger partial charge in [0.1, 0.15) is 0 Å². The van der Waals surface area contributed by atoms with E-state index < -0.39 is 0 Å². The zero-order valence-corrected chi connectivity index (χ0v) is 6.22. The molecule has 1 saturated carbocycles. The summed E-state index contributed by atoms with van der Waals surface area (Å²) in [4.78, 5) is 2.14. The van der Waals surface area contributed by atoms with E-state index >= 15 is 0 Å². The molecule has 1 fully saturated rings. The summed E-state index contributed by atoms with van der Waals surface area (Å²) in [7, 11) is 4.07. The molecule has 1 aliphatic carbocycles. The van der Waals surface area contributed by atoms with Crippen molar-refractivity contribution in [2.45, 2.75) is 24.8 Å². The van der Waals surface area contributed by atoms with Crippen molar-refractivity contribution < 1.29 is 5.11 Å². The summed E-state index contributed by atoms with van der Waals surface area (Å²) < 4.78 is 0. The van der Waals surface area contributed by atoms with Gasteiger partial charge < -0.3 is 10.0 Å². The molecular weight excluding hydrogens is 114 g/mol. The highest BCUT2D eigenvalue weighted by molar-refractivity contribution is 4.94. The topological polar surface area (TPSA) is 23.5 Å². The van der Waals surface area contributed by atoms with Gasteiger partial charge in [-0.15, -0.1) is 0 Å². The Bertz CT molecular complexity index is 91.6. The molecule has 9 heavy (non-hydrogen) atoms. The van der Waals surface area contributed by atoms with Gasteiger partial charge in [-0.2, -0.15) is 0 Å². The van der Waals surface area contributed by atoms with Gasteiger partial charge in [0.2, 0.25) is 0 Å². The van der Waals surface area contributed by atoms with Crippen LogP contribution in [0.5, 0.6) is 0 Å². The SMILES string of the molecule is CN(C)C1(CO)CCC1. The van der Waals surface area contributed by atoms with Crippen molar-refractivity contribution in [3.8, 4) is 0 Å². The Balaban J connectivity index is 2.46. The van der Waals surface area contributed by atoms with Gasteiger partial charge in [0, 0.05) is 5.54 Å². The van der Waals surface area contributed by atoms with Crippen LogP contribution in [-0.2, 0) is 0 Å². The second kappa shape index (κ2) is 2.27. The second-order valence-corrected chi connectivity index (χ2v) is 3.13. The molecule has 0 saturated heterocycles. The number of hydrogen-bond donors (Lipinski definition) is 1. The van der Waals surface area contributed by atoms with E-state index in [1.165, 1.54) is 6.42 Å². The highest BCUT2D eigenvalue weighted by Gasteiger charge is 2.37. The maximum atomic E-state index is 8.97. The zero-order chi connectivity index (χ0) is 6.91. The fraction of sp³-hybridized carbons (Fsp3) is 1.00. The fourth-order valence-electron chi connectivity index (χ4n) is 1.33. The second-order valence-electron chi connectivity index (χ2n) is 3.13. The van der Waals surface area contributed by atoms with Crippen LogP contribution in [0.15, 0.2) is 0 Å². The van der Waals surface area contributed by atoms with Crippen LogP contribution in [0.4, 0.5) is 0 Å². The molecule has 0 amide bonds. The molecule has 0 heterocycles. The fourth-order valence-corrected chi connectivity index (χ4v) is 1.33. The van der Waals surface area contributed by atoms with E-state index in [-0.39, 0.29) is 5.54 Å². The molecular formula is C7H15NO. The molecule has 0 aromatic rings. The van der Waals surface area contributed by atoms with Crippen molar-refractivity contribution in [2.24, 2.45) is 0 Å². The minimum Gasteiger partial charge on any atom is -0.394 e. The van der Waals surface area contributed by atoms with Gasteiger partial charge in [0.05, 0.1) is 6.61 Å². The van der Waals surface area contributed by atoms with Crippen LogP contribution in [0.2, 0.25) is 0 Å². The van der Waals surface area contributed by atoms with Crippen molar-refractivity contribution >= 4 is 0 Å². The molecule has 0 unspecified atom stereocenters. The first kappa shape index (κ1) is 7.03. The average Bonchev–Trinajstić information content (AvgIpc) is 1.62. The molecule has 0 aliphatic heterocycles. The van der Waals surface area contributed by atoms with Crippen molar-refractivity contribution in [1.82, 2.24) is 4.90 Å².